The lowest BCUT2D eigenvalue weighted by molar-refractivity contribution is 0.512. The van der Waals surface area contributed by atoms with Crippen LogP contribution in [0.2, 0.25) is 0 Å². The first kappa shape index (κ1) is 17.0. The van der Waals surface area contributed by atoms with Gasteiger partial charge in [-0.25, -0.2) is 0 Å². The number of thiophene rings is 1. The maximum Gasteiger partial charge on any atom is 0.281 e. The number of nitrogens with zero attached hydrogens (tertiary/aromatic N) is 2. The Balaban J connectivity index is 1.89. The van der Waals surface area contributed by atoms with Gasteiger partial charge in [0, 0.05) is 10.4 Å². The number of rotatable bonds is 2. The smallest absolute Gasteiger partial charge is 0.281 e. The van der Waals surface area contributed by atoms with E-state index in [1.807, 2.05) is 54.6 Å². The van der Waals surface area contributed by atoms with E-state index < -0.39 is 0 Å². The topological polar surface area (TPSA) is 55.1 Å². The maximum atomic E-state index is 12.8. The highest BCUT2D eigenvalue weighted by atomic mass is 32.1. The van der Waals surface area contributed by atoms with Crippen molar-refractivity contribution in [1.82, 2.24) is 9.55 Å². The SMILES string of the molecule is CCc1cc2c(=O)nc3n(c2s1)Cc1ccccc1/C3=C(/O)c1ccccc1. The molecule has 0 unspecified atom stereocenters. The molecule has 28 heavy (non-hydrogen) atoms. The van der Waals surface area contributed by atoms with Gasteiger partial charge in [-0.1, -0.05) is 61.5 Å². The molecule has 138 valence electrons. The molecule has 2 aromatic heterocycles. The van der Waals surface area contributed by atoms with Crippen molar-refractivity contribution in [3.8, 4) is 0 Å². The molecule has 5 rings (SSSR count). The first-order valence-electron chi connectivity index (χ1n) is 9.28. The van der Waals surface area contributed by atoms with Crippen LogP contribution in [0.4, 0.5) is 0 Å². The number of benzene rings is 2. The molecule has 2 aromatic carbocycles. The summed E-state index contributed by atoms with van der Waals surface area (Å²) in [4.78, 5) is 19.3. The summed E-state index contributed by atoms with van der Waals surface area (Å²) in [5.74, 6) is 0.669. The van der Waals surface area contributed by atoms with E-state index in [0.29, 0.717) is 28.9 Å². The molecule has 0 saturated carbocycles. The van der Waals surface area contributed by atoms with Gasteiger partial charge in [0.25, 0.3) is 5.56 Å². The molecule has 0 radical (unpaired) electrons. The molecule has 0 fully saturated rings. The first-order chi connectivity index (χ1) is 13.7. The van der Waals surface area contributed by atoms with E-state index in [1.54, 1.807) is 11.3 Å². The second-order valence-corrected chi connectivity index (χ2v) is 7.97. The summed E-state index contributed by atoms with van der Waals surface area (Å²) >= 11 is 1.63. The van der Waals surface area contributed by atoms with Crippen molar-refractivity contribution in [2.45, 2.75) is 19.9 Å². The average Bonchev–Trinajstić information content (AvgIpc) is 3.18. The van der Waals surface area contributed by atoms with Gasteiger partial charge in [0.05, 0.1) is 17.5 Å². The summed E-state index contributed by atoms with van der Waals surface area (Å²) < 4.78 is 2.07. The van der Waals surface area contributed by atoms with Crippen molar-refractivity contribution >= 4 is 32.9 Å². The van der Waals surface area contributed by atoms with Crippen LogP contribution in [-0.4, -0.2) is 14.7 Å². The lowest BCUT2D eigenvalue weighted by Gasteiger charge is -2.25. The molecule has 1 aliphatic heterocycles. The first-order valence-corrected chi connectivity index (χ1v) is 10.1. The summed E-state index contributed by atoms with van der Waals surface area (Å²) in [5, 5.41) is 11.8. The zero-order valence-corrected chi connectivity index (χ0v) is 16.2. The summed E-state index contributed by atoms with van der Waals surface area (Å²) in [7, 11) is 0. The minimum Gasteiger partial charge on any atom is -0.507 e. The quantitative estimate of drug-likeness (QED) is 0.441. The second-order valence-electron chi connectivity index (χ2n) is 6.86. The molecule has 0 spiro atoms. The van der Waals surface area contributed by atoms with Gasteiger partial charge in [-0.05, 0) is 23.6 Å². The van der Waals surface area contributed by atoms with Gasteiger partial charge in [0.1, 0.15) is 16.4 Å². The Morgan fingerprint density at radius 1 is 1.14 bits per heavy atom. The number of aryl methyl sites for hydroxylation is 1. The number of aliphatic hydroxyl groups is 1. The van der Waals surface area contributed by atoms with E-state index in [0.717, 1.165) is 27.3 Å². The monoisotopic (exact) mass is 386 g/mol. The van der Waals surface area contributed by atoms with Crippen LogP contribution in [-0.2, 0) is 13.0 Å². The van der Waals surface area contributed by atoms with Crippen LogP contribution in [0.25, 0.3) is 21.5 Å². The Morgan fingerprint density at radius 2 is 1.89 bits per heavy atom. The molecule has 0 bridgehead atoms. The highest BCUT2D eigenvalue weighted by molar-refractivity contribution is 7.18. The molecule has 0 atom stereocenters. The van der Waals surface area contributed by atoms with Crippen molar-refractivity contribution in [1.29, 1.82) is 0 Å². The van der Waals surface area contributed by atoms with Crippen LogP contribution >= 0.6 is 11.3 Å². The largest absolute Gasteiger partial charge is 0.507 e. The van der Waals surface area contributed by atoms with E-state index in [1.165, 1.54) is 0 Å². The third-order valence-corrected chi connectivity index (χ3v) is 6.48. The molecule has 1 N–H and O–H groups in total. The van der Waals surface area contributed by atoms with Crippen molar-refractivity contribution in [3.63, 3.8) is 0 Å². The molecule has 0 saturated heterocycles. The van der Waals surface area contributed by atoms with E-state index in [-0.39, 0.29) is 11.3 Å². The number of aliphatic hydroxyl groups excluding tert-OH is 1. The zero-order valence-electron chi connectivity index (χ0n) is 15.3. The molecule has 0 aliphatic carbocycles. The lowest BCUT2D eigenvalue weighted by atomic mass is 9.92. The zero-order chi connectivity index (χ0) is 19.3. The van der Waals surface area contributed by atoms with Crippen LogP contribution in [0.3, 0.4) is 0 Å². The molecule has 0 amide bonds. The van der Waals surface area contributed by atoms with Gasteiger partial charge in [0.2, 0.25) is 0 Å². The van der Waals surface area contributed by atoms with Crippen molar-refractivity contribution in [3.05, 3.63) is 98.4 Å². The van der Waals surface area contributed by atoms with Gasteiger partial charge < -0.3 is 9.67 Å². The third kappa shape index (κ3) is 2.51. The Kier molecular flexibility index (Phi) is 3.91. The van der Waals surface area contributed by atoms with E-state index in [9.17, 15) is 9.90 Å². The van der Waals surface area contributed by atoms with Crippen LogP contribution in [0.5, 0.6) is 0 Å². The normalized spacial score (nSPS) is 14.6. The van der Waals surface area contributed by atoms with Gasteiger partial charge in [-0.15, -0.1) is 11.3 Å². The van der Waals surface area contributed by atoms with Crippen molar-refractivity contribution < 1.29 is 5.11 Å². The predicted octanol–water partition coefficient (Wildman–Crippen LogP) is 4.86. The van der Waals surface area contributed by atoms with E-state index in [2.05, 4.69) is 22.5 Å². The minimum absolute atomic E-state index is 0.139. The molecule has 4 aromatic rings. The molecular formula is C23H18N2O2S. The minimum atomic E-state index is -0.241. The van der Waals surface area contributed by atoms with E-state index in [4.69, 9.17) is 0 Å². The molecule has 5 heteroatoms. The highest BCUT2D eigenvalue weighted by Crippen LogP contribution is 2.38. The van der Waals surface area contributed by atoms with Gasteiger partial charge in [0.15, 0.2) is 0 Å². The van der Waals surface area contributed by atoms with Crippen LogP contribution < -0.4 is 5.56 Å². The fraction of sp³-hybridized carbons (Fsp3) is 0.130. The molecule has 1 aliphatic rings. The number of hydrogen-bond acceptors (Lipinski definition) is 4. The lowest BCUT2D eigenvalue weighted by Crippen LogP contribution is -2.23. The van der Waals surface area contributed by atoms with Crippen LogP contribution in [0.1, 0.15) is 34.3 Å². The van der Waals surface area contributed by atoms with Gasteiger partial charge in [-0.2, -0.15) is 4.98 Å². The highest BCUT2D eigenvalue weighted by Gasteiger charge is 2.27. The number of fused-ring (bicyclic) bond motifs is 4. The molecule has 4 nitrogen and oxygen atoms in total. The second kappa shape index (κ2) is 6.46. The van der Waals surface area contributed by atoms with Crippen LogP contribution in [0, 0.1) is 0 Å². The number of hydrogen-bond donors (Lipinski definition) is 1. The van der Waals surface area contributed by atoms with Crippen LogP contribution in [0.15, 0.2) is 65.5 Å². The summed E-state index contributed by atoms with van der Waals surface area (Å²) in [6, 6.07) is 19.3. The Labute approximate surface area is 166 Å². The fourth-order valence-electron chi connectivity index (χ4n) is 3.78. The third-order valence-electron chi connectivity index (χ3n) is 5.17. The summed E-state index contributed by atoms with van der Waals surface area (Å²) in [5.41, 5.74) is 3.09. The Bertz CT molecular complexity index is 1300. The fourth-order valence-corrected chi connectivity index (χ4v) is 4.86. The summed E-state index contributed by atoms with van der Waals surface area (Å²) in [6.45, 7) is 2.71. The predicted molar refractivity (Wildman–Crippen MR) is 114 cm³/mol. The molecule has 3 heterocycles. The Morgan fingerprint density at radius 3 is 2.68 bits per heavy atom. The van der Waals surface area contributed by atoms with E-state index >= 15 is 0 Å². The summed E-state index contributed by atoms with van der Waals surface area (Å²) in [6.07, 6.45) is 0.878. The standard InChI is InChI=1S/C23H18N2O2S/c1-2-16-12-18-22(27)24-21-19(20(26)14-8-4-3-5-9-14)17-11-7-6-10-15(17)13-25(21)23(18)28-16/h3-12,26H,2,13H2,1H3/b20-19-. The van der Waals surface area contributed by atoms with Gasteiger partial charge in [-0.3, -0.25) is 4.79 Å². The average molecular weight is 386 g/mol. The molecular weight excluding hydrogens is 368 g/mol. The van der Waals surface area contributed by atoms with Crippen molar-refractivity contribution in [2.75, 3.05) is 0 Å². The number of aromatic nitrogens is 2. The van der Waals surface area contributed by atoms with Gasteiger partial charge >= 0.3 is 0 Å². The maximum absolute atomic E-state index is 12.8. The Hall–Kier alpha value is -3.18. The van der Waals surface area contributed by atoms with Crippen molar-refractivity contribution in [2.24, 2.45) is 0 Å².